The van der Waals surface area contributed by atoms with E-state index >= 15 is 0 Å². The molecular formula is C26H30ClFN8O2. The number of ether oxygens (including phenoxy) is 1. The fraction of sp³-hybridized carbons (Fsp3) is 0.500. The van der Waals surface area contributed by atoms with Crippen molar-refractivity contribution in [2.24, 2.45) is 17.1 Å². The third-order valence-corrected chi connectivity index (χ3v) is 8.11. The van der Waals surface area contributed by atoms with Crippen molar-refractivity contribution in [3.63, 3.8) is 0 Å². The Kier molecular flexibility index (Phi) is 7.11. The SMILES string of the molecule is C[C@@H]1COCC[C@H]1Nc1ncc2nc(Nc3c(F)cc(C#N)cc3Cl)n(C3CCC(C)(C(N)=O)CC3)c2n1. The summed E-state index contributed by atoms with van der Waals surface area (Å²) < 4.78 is 22.4. The number of amides is 1. The summed E-state index contributed by atoms with van der Waals surface area (Å²) >= 11 is 6.33. The van der Waals surface area contributed by atoms with Crippen LogP contribution in [0.15, 0.2) is 18.3 Å². The van der Waals surface area contributed by atoms with Gasteiger partial charge >= 0.3 is 0 Å². The van der Waals surface area contributed by atoms with Crippen molar-refractivity contribution in [2.75, 3.05) is 23.8 Å². The number of carbonyl (C=O) groups is 1. The van der Waals surface area contributed by atoms with Crippen molar-refractivity contribution in [2.45, 2.75) is 58.0 Å². The molecule has 1 aromatic carbocycles. The normalized spacial score (nSPS) is 25.6. The standard InChI is InChI=1S/C26H30ClFN8O2/c1-14-13-38-8-5-19(14)32-24-31-12-20-22(35-24)36(16-3-6-26(2,7-4-16)23(30)37)25(33-20)34-21-17(27)9-15(11-29)10-18(21)28/h9-10,12,14,16,19H,3-8,13H2,1-2H3,(H2,30,37)(H,33,34)(H,31,32,35)/t14-,16?,19-,26?/m1/s1. The van der Waals surface area contributed by atoms with Crippen LogP contribution in [0, 0.1) is 28.5 Å². The lowest BCUT2D eigenvalue weighted by molar-refractivity contribution is -0.128. The van der Waals surface area contributed by atoms with E-state index in [1.807, 2.05) is 17.6 Å². The molecule has 1 saturated carbocycles. The Hall–Kier alpha value is -3.49. The molecule has 4 N–H and O–H groups in total. The summed E-state index contributed by atoms with van der Waals surface area (Å²) in [5.74, 6) is 0.153. The van der Waals surface area contributed by atoms with Crippen molar-refractivity contribution in [1.29, 1.82) is 5.26 Å². The zero-order valence-electron chi connectivity index (χ0n) is 21.3. The van der Waals surface area contributed by atoms with Crippen LogP contribution in [0.25, 0.3) is 11.2 Å². The maximum atomic E-state index is 14.9. The van der Waals surface area contributed by atoms with Crippen LogP contribution in [0.1, 0.15) is 57.6 Å². The number of hydrogen-bond donors (Lipinski definition) is 3. The molecule has 3 heterocycles. The number of carbonyl (C=O) groups excluding carboxylic acids is 1. The lowest BCUT2D eigenvalue weighted by atomic mass is 9.73. The first-order chi connectivity index (χ1) is 18.2. The number of nitrogens with two attached hydrogens (primary N) is 1. The molecule has 2 aromatic heterocycles. The van der Waals surface area contributed by atoms with E-state index in [2.05, 4.69) is 27.5 Å². The Morgan fingerprint density at radius 2 is 2.08 bits per heavy atom. The number of nitrogens with one attached hydrogen (secondary N) is 2. The van der Waals surface area contributed by atoms with Crippen LogP contribution in [-0.2, 0) is 9.53 Å². The molecule has 3 aromatic rings. The molecule has 200 valence electrons. The molecule has 2 fully saturated rings. The number of imidazole rings is 1. The minimum atomic E-state index is -0.667. The van der Waals surface area contributed by atoms with E-state index in [1.165, 1.54) is 6.07 Å². The lowest BCUT2D eigenvalue weighted by Crippen LogP contribution is -2.38. The number of nitriles is 1. The van der Waals surface area contributed by atoms with Gasteiger partial charge in [-0.25, -0.2) is 14.4 Å². The molecule has 1 amide bonds. The predicted octanol–water partition coefficient (Wildman–Crippen LogP) is 4.68. The summed E-state index contributed by atoms with van der Waals surface area (Å²) in [6, 6.07) is 4.52. The highest BCUT2D eigenvalue weighted by molar-refractivity contribution is 6.33. The molecule has 1 aliphatic heterocycles. The zero-order valence-corrected chi connectivity index (χ0v) is 22.1. The number of nitrogens with zero attached hydrogens (tertiary/aromatic N) is 5. The largest absolute Gasteiger partial charge is 0.381 e. The number of halogens is 2. The summed E-state index contributed by atoms with van der Waals surface area (Å²) in [5, 5.41) is 15.7. The average molecular weight is 541 g/mol. The van der Waals surface area contributed by atoms with E-state index in [0.717, 1.165) is 12.5 Å². The molecule has 1 saturated heterocycles. The summed E-state index contributed by atoms with van der Waals surface area (Å²) in [6.45, 7) is 5.36. The summed E-state index contributed by atoms with van der Waals surface area (Å²) in [5.41, 5.74) is 6.35. The van der Waals surface area contributed by atoms with Crippen molar-refractivity contribution in [3.8, 4) is 6.07 Å². The van der Waals surface area contributed by atoms with Gasteiger partial charge in [-0.1, -0.05) is 25.4 Å². The first-order valence-electron chi connectivity index (χ1n) is 12.7. The summed E-state index contributed by atoms with van der Waals surface area (Å²) in [4.78, 5) is 26.0. The molecule has 38 heavy (non-hydrogen) atoms. The van der Waals surface area contributed by atoms with Gasteiger partial charge in [-0.3, -0.25) is 9.36 Å². The molecule has 1 aliphatic carbocycles. The molecule has 2 atom stereocenters. The first kappa shape index (κ1) is 26.1. The van der Waals surface area contributed by atoms with Crippen LogP contribution in [-0.4, -0.2) is 44.7 Å². The highest BCUT2D eigenvalue weighted by atomic mass is 35.5. The quantitative estimate of drug-likeness (QED) is 0.409. The fourth-order valence-corrected chi connectivity index (χ4v) is 5.52. The van der Waals surface area contributed by atoms with Gasteiger partial charge in [-0.2, -0.15) is 10.2 Å². The van der Waals surface area contributed by atoms with Crippen molar-refractivity contribution < 1.29 is 13.9 Å². The molecule has 0 spiro atoms. The number of primary amides is 1. The minimum absolute atomic E-state index is 0.0161. The van der Waals surface area contributed by atoms with Crippen molar-refractivity contribution in [3.05, 3.63) is 34.7 Å². The molecule has 10 nitrogen and oxygen atoms in total. The highest BCUT2D eigenvalue weighted by Gasteiger charge is 2.38. The van der Waals surface area contributed by atoms with Gasteiger partial charge in [0.25, 0.3) is 0 Å². The van der Waals surface area contributed by atoms with Crippen LogP contribution in [0.4, 0.5) is 22.0 Å². The van der Waals surface area contributed by atoms with E-state index in [9.17, 15) is 9.18 Å². The van der Waals surface area contributed by atoms with E-state index in [-0.39, 0.29) is 34.3 Å². The van der Waals surface area contributed by atoms with Crippen LogP contribution >= 0.6 is 11.6 Å². The third kappa shape index (κ3) is 4.98. The second-order valence-corrected chi connectivity index (χ2v) is 10.9. The molecule has 12 heteroatoms. The maximum Gasteiger partial charge on any atom is 0.224 e. The molecule has 0 unspecified atom stereocenters. The first-order valence-corrected chi connectivity index (χ1v) is 13.1. The van der Waals surface area contributed by atoms with Crippen molar-refractivity contribution in [1.82, 2.24) is 19.5 Å². The smallest absolute Gasteiger partial charge is 0.224 e. The van der Waals surface area contributed by atoms with Gasteiger partial charge in [0.1, 0.15) is 11.3 Å². The Morgan fingerprint density at radius 1 is 1.32 bits per heavy atom. The molecule has 5 rings (SSSR count). The van der Waals surface area contributed by atoms with Gasteiger partial charge in [-0.15, -0.1) is 0 Å². The zero-order chi connectivity index (χ0) is 27.0. The van der Waals surface area contributed by atoms with Crippen molar-refractivity contribution >= 4 is 46.3 Å². The number of hydrogen-bond acceptors (Lipinski definition) is 8. The Morgan fingerprint density at radius 3 is 2.74 bits per heavy atom. The number of anilines is 3. The maximum absolute atomic E-state index is 14.9. The van der Waals surface area contributed by atoms with E-state index < -0.39 is 11.2 Å². The average Bonchev–Trinajstić information content (AvgIpc) is 3.25. The lowest BCUT2D eigenvalue weighted by Gasteiger charge is -2.35. The van der Waals surface area contributed by atoms with Gasteiger partial charge in [0.2, 0.25) is 17.8 Å². The topological polar surface area (TPSA) is 144 Å². The van der Waals surface area contributed by atoms with Gasteiger partial charge < -0.3 is 21.1 Å². The van der Waals surface area contributed by atoms with Crippen LogP contribution in [0.2, 0.25) is 5.02 Å². The van der Waals surface area contributed by atoms with Gasteiger partial charge in [0.15, 0.2) is 5.65 Å². The summed E-state index contributed by atoms with van der Waals surface area (Å²) in [7, 11) is 0. The highest BCUT2D eigenvalue weighted by Crippen LogP contribution is 2.43. The van der Waals surface area contributed by atoms with E-state index in [4.69, 9.17) is 32.3 Å². The fourth-order valence-electron chi connectivity index (χ4n) is 5.27. The Bertz CT molecular complexity index is 1390. The number of aromatic nitrogens is 4. The molecular weight excluding hydrogens is 511 g/mol. The van der Waals surface area contributed by atoms with Crippen LogP contribution in [0.5, 0.6) is 0 Å². The van der Waals surface area contributed by atoms with Gasteiger partial charge in [0.05, 0.1) is 35.1 Å². The molecule has 0 radical (unpaired) electrons. The Balaban J connectivity index is 1.54. The summed E-state index contributed by atoms with van der Waals surface area (Å²) in [6.07, 6.45) is 5.02. The van der Waals surface area contributed by atoms with Crippen LogP contribution in [0.3, 0.4) is 0 Å². The number of rotatable bonds is 6. The Labute approximate surface area is 224 Å². The molecule has 0 bridgehead atoms. The van der Waals surface area contributed by atoms with Crippen LogP contribution < -0.4 is 16.4 Å². The van der Waals surface area contributed by atoms with Gasteiger partial charge in [-0.05, 0) is 50.2 Å². The second-order valence-electron chi connectivity index (χ2n) is 10.5. The number of fused-ring (bicyclic) bond motifs is 1. The predicted molar refractivity (Wildman–Crippen MR) is 142 cm³/mol. The van der Waals surface area contributed by atoms with Gasteiger partial charge in [0, 0.05) is 24.1 Å². The second kappa shape index (κ2) is 10.3. The monoisotopic (exact) mass is 540 g/mol. The minimum Gasteiger partial charge on any atom is -0.381 e. The number of benzene rings is 1. The van der Waals surface area contributed by atoms with E-state index in [0.29, 0.717) is 67.9 Å². The molecule has 2 aliphatic rings. The third-order valence-electron chi connectivity index (χ3n) is 7.81. The van der Waals surface area contributed by atoms with E-state index in [1.54, 1.807) is 6.20 Å².